The number of carboxylic acids is 1. The molecule has 3 N–H and O–H groups in total. The molecule has 1 aliphatic heterocycles. The molecule has 0 bridgehead atoms. The Morgan fingerprint density at radius 1 is 1.50 bits per heavy atom. The number of aliphatic carboxylic acids is 1. The Morgan fingerprint density at radius 3 is 2.75 bits per heavy atom. The van der Waals surface area contributed by atoms with Gasteiger partial charge >= 0.3 is 12.0 Å². The number of hydrogen-bond donors (Lipinski definition) is 3. The Bertz CT molecular complexity index is 423. The quantitative estimate of drug-likeness (QED) is 0.599. The first-order valence-electron chi connectivity index (χ1n) is 6.44. The molecule has 1 aliphatic rings. The van der Waals surface area contributed by atoms with Crippen molar-refractivity contribution in [2.45, 2.75) is 45.2 Å². The molecule has 0 aliphatic carbocycles. The van der Waals surface area contributed by atoms with E-state index < -0.39 is 29.9 Å². The second-order valence-corrected chi connectivity index (χ2v) is 4.85. The minimum absolute atomic E-state index is 0.0429. The molecule has 20 heavy (non-hydrogen) atoms. The minimum Gasteiger partial charge on any atom is -0.481 e. The van der Waals surface area contributed by atoms with Crippen LogP contribution < -0.4 is 10.6 Å². The summed E-state index contributed by atoms with van der Waals surface area (Å²) in [6.45, 7) is 3.12. The topological polar surface area (TPSA) is 116 Å². The fourth-order valence-electron chi connectivity index (χ4n) is 1.89. The van der Waals surface area contributed by atoms with E-state index in [9.17, 15) is 19.2 Å². The Kier molecular flexibility index (Phi) is 5.48. The highest BCUT2D eigenvalue weighted by molar-refractivity contribution is 6.03. The number of carbonyl (C=O) groups is 4. The van der Waals surface area contributed by atoms with E-state index in [0.717, 1.165) is 4.90 Å². The average molecular weight is 285 g/mol. The molecular weight excluding hydrogens is 266 g/mol. The SMILES string of the molecule is CC(CCCC(=O)O)NC(=O)N1CC(=O)NC(=O)C1C. The van der Waals surface area contributed by atoms with E-state index in [4.69, 9.17) is 5.11 Å². The molecule has 1 rings (SSSR count). The number of hydrogen-bond acceptors (Lipinski definition) is 4. The summed E-state index contributed by atoms with van der Waals surface area (Å²) in [7, 11) is 0. The number of rotatable bonds is 5. The van der Waals surface area contributed by atoms with Crippen molar-refractivity contribution in [1.29, 1.82) is 0 Å². The fourth-order valence-corrected chi connectivity index (χ4v) is 1.89. The predicted octanol–water partition coefficient (Wildman–Crippen LogP) is -0.314. The van der Waals surface area contributed by atoms with Crippen molar-refractivity contribution in [2.75, 3.05) is 6.54 Å². The van der Waals surface area contributed by atoms with Crippen molar-refractivity contribution >= 4 is 23.8 Å². The molecule has 0 aromatic heterocycles. The summed E-state index contributed by atoms with van der Waals surface area (Å²) in [5, 5.41) is 13.3. The zero-order valence-corrected chi connectivity index (χ0v) is 11.5. The number of piperazine rings is 1. The first-order chi connectivity index (χ1) is 9.31. The van der Waals surface area contributed by atoms with Gasteiger partial charge in [-0.2, -0.15) is 0 Å². The molecule has 2 unspecified atom stereocenters. The molecule has 0 aromatic carbocycles. The van der Waals surface area contributed by atoms with Crippen LogP contribution in [-0.4, -0.2) is 52.4 Å². The maximum Gasteiger partial charge on any atom is 0.318 e. The lowest BCUT2D eigenvalue weighted by Crippen LogP contribution is -2.61. The van der Waals surface area contributed by atoms with Gasteiger partial charge in [0.15, 0.2) is 0 Å². The van der Waals surface area contributed by atoms with Crippen LogP contribution in [0.5, 0.6) is 0 Å². The van der Waals surface area contributed by atoms with Gasteiger partial charge in [-0.3, -0.25) is 19.7 Å². The maximum atomic E-state index is 12.0. The van der Waals surface area contributed by atoms with Crippen molar-refractivity contribution in [1.82, 2.24) is 15.5 Å². The second-order valence-electron chi connectivity index (χ2n) is 4.85. The Morgan fingerprint density at radius 2 is 2.15 bits per heavy atom. The molecular formula is C12H19N3O5. The number of carboxylic acid groups (broad SMARTS) is 1. The van der Waals surface area contributed by atoms with Gasteiger partial charge in [-0.1, -0.05) is 0 Å². The third-order valence-electron chi connectivity index (χ3n) is 3.08. The summed E-state index contributed by atoms with van der Waals surface area (Å²) in [5.41, 5.74) is 0. The zero-order valence-electron chi connectivity index (χ0n) is 11.5. The van der Waals surface area contributed by atoms with Gasteiger partial charge in [-0.05, 0) is 26.7 Å². The zero-order chi connectivity index (χ0) is 15.3. The molecule has 0 aromatic rings. The molecule has 1 fully saturated rings. The number of nitrogens with one attached hydrogen (secondary N) is 2. The smallest absolute Gasteiger partial charge is 0.318 e. The molecule has 0 spiro atoms. The molecule has 0 saturated carbocycles. The van der Waals surface area contributed by atoms with Gasteiger partial charge in [-0.15, -0.1) is 0 Å². The lowest BCUT2D eigenvalue weighted by molar-refractivity contribution is -0.138. The molecule has 1 heterocycles. The minimum atomic E-state index is -0.879. The van der Waals surface area contributed by atoms with Crippen LogP contribution >= 0.6 is 0 Å². The van der Waals surface area contributed by atoms with E-state index in [-0.39, 0.29) is 19.0 Å². The van der Waals surface area contributed by atoms with Gasteiger partial charge in [0.1, 0.15) is 12.6 Å². The summed E-state index contributed by atoms with van der Waals surface area (Å²) in [4.78, 5) is 46.2. The van der Waals surface area contributed by atoms with Crippen molar-refractivity contribution in [3.8, 4) is 0 Å². The highest BCUT2D eigenvalue weighted by atomic mass is 16.4. The monoisotopic (exact) mass is 285 g/mol. The first-order valence-corrected chi connectivity index (χ1v) is 6.44. The molecule has 4 amide bonds. The largest absolute Gasteiger partial charge is 0.481 e. The third kappa shape index (κ3) is 4.52. The summed E-state index contributed by atoms with van der Waals surface area (Å²) in [6, 6.07) is -1.43. The third-order valence-corrected chi connectivity index (χ3v) is 3.08. The first kappa shape index (κ1) is 15.9. The summed E-state index contributed by atoms with van der Waals surface area (Å²) >= 11 is 0. The Hall–Kier alpha value is -2.12. The van der Waals surface area contributed by atoms with E-state index in [1.807, 2.05) is 0 Å². The number of urea groups is 1. The van der Waals surface area contributed by atoms with Gasteiger partial charge in [0.05, 0.1) is 0 Å². The molecule has 112 valence electrons. The predicted molar refractivity (Wildman–Crippen MR) is 68.8 cm³/mol. The van der Waals surface area contributed by atoms with E-state index in [2.05, 4.69) is 10.6 Å². The molecule has 2 atom stereocenters. The van der Waals surface area contributed by atoms with Crippen LogP contribution in [0.4, 0.5) is 4.79 Å². The van der Waals surface area contributed by atoms with Gasteiger partial charge in [0, 0.05) is 12.5 Å². The lowest BCUT2D eigenvalue weighted by Gasteiger charge is -2.32. The molecule has 1 saturated heterocycles. The summed E-state index contributed by atoms with van der Waals surface area (Å²) in [6.07, 6.45) is 1.01. The highest BCUT2D eigenvalue weighted by Gasteiger charge is 2.33. The molecule has 0 radical (unpaired) electrons. The van der Waals surface area contributed by atoms with E-state index in [0.29, 0.717) is 12.8 Å². The normalized spacial score (nSPS) is 20.3. The number of amides is 4. The van der Waals surface area contributed by atoms with Crippen molar-refractivity contribution in [2.24, 2.45) is 0 Å². The maximum absolute atomic E-state index is 12.0. The second kappa shape index (κ2) is 6.88. The summed E-state index contributed by atoms with van der Waals surface area (Å²) in [5.74, 6) is -1.90. The Labute approximate surface area is 116 Å². The highest BCUT2D eigenvalue weighted by Crippen LogP contribution is 2.07. The van der Waals surface area contributed by atoms with Gasteiger partial charge in [0.25, 0.3) is 0 Å². The summed E-state index contributed by atoms with van der Waals surface area (Å²) < 4.78 is 0. The van der Waals surface area contributed by atoms with Crippen LogP contribution in [0.15, 0.2) is 0 Å². The van der Waals surface area contributed by atoms with Crippen LogP contribution in [-0.2, 0) is 14.4 Å². The van der Waals surface area contributed by atoms with Crippen LogP contribution in [0.3, 0.4) is 0 Å². The number of carbonyl (C=O) groups excluding carboxylic acids is 3. The molecule has 8 nitrogen and oxygen atoms in total. The van der Waals surface area contributed by atoms with Crippen LogP contribution in [0, 0.1) is 0 Å². The Balaban J connectivity index is 2.46. The fraction of sp³-hybridized carbons (Fsp3) is 0.667. The lowest BCUT2D eigenvalue weighted by atomic mass is 10.1. The average Bonchev–Trinajstić information content (AvgIpc) is 2.32. The van der Waals surface area contributed by atoms with E-state index in [1.54, 1.807) is 6.92 Å². The number of imide groups is 1. The van der Waals surface area contributed by atoms with E-state index in [1.165, 1.54) is 6.92 Å². The van der Waals surface area contributed by atoms with Crippen LogP contribution in [0.1, 0.15) is 33.1 Å². The van der Waals surface area contributed by atoms with Crippen LogP contribution in [0.25, 0.3) is 0 Å². The van der Waals surface area contributed by atoms with Crippen molar-refractivity contribution in [3.05, 3.63) is 0 Å². The number of nitrogens with zero attached hydrogens (tertiary/aromatic N) is 1. The van der Waals surface area contributed by atoms with Crippen LogP contribution in [0.2, 0.25) is 0 Å². The van der Waals surface area contributed by atoms with Gasteiger partial charge in [0.2, 0.25) is 11.8 Å². The van der Waals surface area contributed by atoms with Crippen molar-refractivity contribution < 1.29 is 24.3 Å². The standard InChI is InChI=1S/C12H19N3O5/c1-7(4-3-5-10(17)18)13-12(20)15-6-9(16)14-11(19)8(15)2/h7-8H,3-6H2,1-2H3,(H,13,20)(H,17,18)(H,14,16,19). The molecule has 8 heteroatoms. The van der Waals surface area contributed by atoms with E-state index >= 15 is 0 Å². The van der Waals surface area contributed by atoms with Gasteiger partial charge in [-0.25, -0.2) is 4.79 Å². The van der Waals surface area contributed by atoms with Gasteiger partial charge < -0.3 is 15.3 Å². The van der Waals surface area contributed by atoms with Crippen molar-refractivity contribution in [3.63, 3.8) is 0 Å².